The summed E-state index contributed by atoms with van der Waals surface area (Å²) in [5.74, 6) is 0.763. The number of anilines is 1. The third kappa shape index (κ3) is 3.75. The fraction of sp³-hybridized carbons (Fsp3) is 0.588. The Kier molecular flexibility index (Phi) is 5.05. The third-order valence-electron chi connectivity index (χ3n) is 4.41. The number of carbonyl (C=O) groups is 1. The molecule has 0 spiro atoms. The number of nitrogen functional groups attached to an aromatic ring is 1. The quantitative estimate of drug-likeness (QED) is 0.855. The summed E-state index contributed by atoms with van der Waals surface area (Å²) < 4.78 is 0. The molecule has 0 aromatic heterocycles. The Bertz CT molecular complexity index is 452. The fourth-order valence-electron chi connectivity index (χ4n) is 3.15. The van der Waals surface area contributed by atoms with Crippen LogP contribution in [-0.2, 0) is 4.79 Å². The van der Waals surface area contributed by atoms with E-state index in [-0.39, 0.29) is 11.8 Å². The minimum absolute atomic E-state index is 0.118. The molecule has 1 aromatic carbocycles. The van der Waals surface area contributed by atoms with E-state index >= 15 is 0 Å². The molecule has 0 bridgehead atoms. The van der Waals surface area contributed by atoms with Crippen LogP contribution in [0, 0.1) is 5.92 Å². The molecule has 0 saturated heterocycles. The number of hydrogen-bond acceptors (Lipinski definition) is 2. The number of benzene rings is 1. The molecular weight excluding hydrogens is 248 g/mol. The van der Waals surface area contributed by atoms with Gasteiger partial charge in [-0.3, -0.25) is 4.79 Å². The highest BCUT2D eigenvalue weighted by atomic mass is 16.2. The second-order valence-corrected chi connectivity index (χ2v) is 6.11. The molecule has 1 unspecified atom stereocenters. The molecule has 1 amide bonds. The first-order chi connectivity index (χ1) is 9.58. The first-order valence-corrected chi connectivity index (χ1v) is 7.68. The summed E-state index contributed by atoms with van der Waals surface area (Å²) in [6, 6.07) is 7.65. The summed E-state index contributed by atoms with van der Waals surface area (Å²) in [7, 11) is 1.93. The molecule has 2 N–H and O–H groups in total. The minimum atomic E-state index is -0.118. The molecule has 1 aromatic rings. The number of rotatable bonds is 4. The van der Waals surface area contributed by atoms with E-state index in [1.807, 2.05) is 43.1 Å². The van der Waals surface area contributed by atoms with Crippen molar-refractivity contribution in [2.24, 2.45) is 5.92 Å². The lowest BCUT2D eigenvalue weighted by molar-refractivity contribution is -0.131. The largest absolute Gasteiger partial charge is 0.399 e. The zero-order chi connectivity index (χ0) is 14.5. The van der Waals surface area contributed by atoms with Crippen molar-refractivity contribution in [2.45, 2.75) is 44.9 Å². The van der Waals surface area contributed by atoms with Gasteiger partial charge in [0.25, 0.3) is 0 Å². The molecular formula is C17H26N2O. The smallest absolute Gasteiger partial charge is 0.229 e. The van der Waals surface area contributed by atoms with Gasteiger partial charge in [0.05, 0.1) is 5.92 Å². The van der Waals surface area contributed by atoms with Crippen molar-refractivity contribution in [3.05, 3.63) is 29.8 Å². The van der Waals surface area contributed by atoms with Crippen molar-refractivity contribution in [3.8, 4) is 0 Å². The van der Waals surface area contributed by atoms with Crippen LogP contribution in [0.15, 0.2) is 24.3 Å². The van der Waals surface area contributed by atoms with Gasteiger partial charge in [0.15, 0.2) is 0 Å². The molecule has 1 fully saturated rings. The molecule has 110 valence electrons. The van der Waals surface area contributed by atoms with E-state index in [0.717, 1.165) is 17.8 Å². The van der Waals surface area contributed by atoms with E-state index in [1.54, 1.807) is 0 Å². The van der Waals surface area contributed by atoms with Crippen molar-refractivity contribution in [3.63, 3.8) is 0 Å². The van der Waals surface area contributed by atoms with Gasteiger partial charge in [-0.1, -0.05) is 31.4 Å². The molecule has 1 saturated carbocycles. The second kappa shape index (κ2) is 6.78. The van der Waals surface area contributed by atoms with Gasteiger partial charge in [-0.2, -0.15) is 0 Å². The Balaban J connectivity index is 1.95. The Labute approximate surface area is 122 Å². The van der Waals surface area contributed by atoms with Crippen molar-refractivity contribution < 1.29 is 4.79 Å². The normalized spacial score (nSPS) is 17.7. The molecule has 1 aliphatic rings. The van der Waals surface area contributed by atoms with Crippen molar-refractivity contribution in [1.29, 1.82) is 0 Å². The van der Waals surface area contributed by atoms with E-state index in [2.05, 4.69) is 0 Å². The van der Waals surface area contributed by atoms with Crippen LogP contribution in [-0.4, -0.2) is 24.4 Å². The molecule has 0 radical (unpaired) electrons. The first kappa shape index (κ1) is 14.9. The molecule has 0 heterocycles. The fourth-order valence-corrected chi connectivity index (χ4v) is 3.15. The SMILES string of the molecule is CC(C(=O)N(C)CC1CCCCC1)c1cccc(N)c1. The summed E-state index contributed by atoms with van der Waals surface area (Å²) >= 11 is 0. The molecule has 2 rings (SSSR count). The summed E-state index contributed by atoms with van der Waals surface area (Å²) in [4.78, 5) is 14.4. The zero-order valence-electron chi connectivity index (χ0n) is 12.6. The van der Waals surface area contributed by atoms with Gasteiger partial charge in [-0.05, 0) is 43.4 Å². The van der Waals surface area contributed by atoms with Crippen molar-refractivity contribution >= 4 is 11.6 Å². The minimum Gasteiger partial charge on any atom is -0.399 e. The first-order valence-electron chi connectivity index (χ1n) is 7.68. The molecule has 3 nitrogen and oxygen atoms in total. The van der Waals surface area contributed by atoms with E-state index in [1.165, 1.54) is 32.1 Å². The van der Waals surface area contributed by atoms with Gasteiger partial charge in [0.1, 0.15) is 0 Å². The van der Waals surface area contributed by atoms with Crippen LogP contribution in [0.4, 0.5) is 5.69 Å². The van der Waals surface area contributed by atoms with Crippen LogP contribution in [0.2, 0.25) is 0 Å². The number of nitrogens with two attached hydrogens (primary N) is 1. The highest BCUT2D eigenvalue weighted by Gasteiger charge is 2.22. The number of nitrogens with zero attached hydrogens (tertiary/aromatic N) is 1. The predicted octanol–water partition coefficient (Wildman–Crippen LogP) is 3.41. The van der Waals surface area contributed by atoms with Crippen LogP contribution >= 0.6 is 0 Å². The van der Waals surface area contributed by atoms with Crippen molar-refractivity contribution in [2.75, 3.05) is 19.3 Å². The molecule has 1 atom stereocenters. The Morgan fingerprint density at radius 2 is 2.05 bits per heavy atom. The summed E-state index contributed by atoms with van der Waals surface area (Å²) in [5.41, 5.74) is 7.52. The summed E-state index contributed by atoms with van der Waals surface area (Å²) in [6.07, 6.45) is 6.53. The molecule has 3 heteroatoms. The second-order valence-electron chi connectivity index (χ2n) is 6.11. The number of amides is 1. The maximum absolute atomic E-state index is 12.5. The van der Waals surface area contributed by atoms with Crippen molar-refractivity contribution in [1.82, 2.24) is 4.90 Å². The number of carbonyl (C=O) groups excluding carboxylic acids is 1. The van der Waals surface area contributed by atoms with Crippen LogP contribution in [0.5, 0.6) is 0 Å². The lowest BCUT2D eigenvalue weighted by atomic mass is 9.88. The topological polar surface area (TPSA) is 46.3 Å². The van der Waals surface area contributed by atoms with Crippen LogP contribution < -0.4 is 5.73 Å². The van der Waals surface area contributed by atoms with Gasteiger partial charge in [0.2, 0.25) is 5.91 Å². The molecule has 20 heavy (non-hydrogen) atoms. The monoisotopic (exact) mass is 274 g/mol. The highest BCUT2D eigenvalue weighted by Crippen LogP contribution is 2.26. The van der Waals surface area contributed by atoms with Crippen LogP contribution in [0.25, 0.3) is 0 Å². The van der Waals surface area contributed by atoms with Crippen LogP contribution in [0.3, 0.4) is 0 Å². The predicted molar refractivity (Wildman–Crippen MR) is 83.5 cm³/mol. The average Bonchev–Trinajstić information content (AvgIpc) is 2.46. The zero-order valence-corrected chi connectivity index (χ0v) is 12.6. The van der Waals surface area contributed by atoms with Crippen LogP contribution in [0.1, 0.15) is 50.5 Å². The van der Waals surface area contributed by atoms with E-state index < -0.39 is 0 Å². The maximum atomic E-state index is 12.5. The van der Waals surface area contributed by atoms with E-state index in [9.17, 15) is 4.79 Å². The Morgan fingerprint density at radius 1 is 1.35 bits per heavy atom. The van der Waals surface area contributed by atoms with Gasteiger partial charge >= 0.3 is 0 Å². The lowest BCUT2D eigenvalue weighted by Gasteiger charge is -2.28. The van der Waals surface area contributed by atoms with E-state index in [0.29, 0.717) is 5.92 Å². The third-order valence-corrected chi connectivity index (χ3v) is 4.41. The average molecular weight is 274 g/mol. The van der Waals surface area contributed by atoms with Gasteiger partial charge in [-0.15, -0.1) is 0 Å². The Hall–Kier alpha value is -1.51. The molecule has 0 aliphatic heterocycles. The highest BCUT2D eigenvalue weighted by molar-refractivity contribution is 5.83. The van der Waals surface area contributed by atoms with E-state index in [4.69, 9.17) is 5.73 Å². The van der Waals surface area contributed by atoms with Gasteiger partial charge < -0.3 is 10.6 Å². The maximum Gasteiger partial charge on any atom is 0.229 e. The van der Waals surface area contributed by atoms with Gasteiger partial charge in [0, 0.05) is 19.3 Å². The summed E-state index contributed by atoms with van der Waals surface area (Å²) in [5, 5.41) is 0. The number of likely N-dealkylation sites (N-methyl/N-ethyl adjacent to an activating group) is 1. The standard InChI is InChI=1S/C17H26N2O/c1-13(15-9-6-10-16(18)11-15)17(20)19(2)12-14-7-4-3-5-8-14/h6,9-11,13-14H,3-5,7-8,12,18H2,1-2H3. The lowest BCUT2D eigenvalue weighted by Crippen LogP contribution is -2.35. The molecule has 1 aliphatic carbocycles. The number of hydrogen-bond donors (Lipinski definition) is 1. The summed E-state index contributed by atoms with van der Waals surface area (Å²) in [6.45, 7) is 2.86. The van der Waals surface area contributed by atoms with Gasteiger partial charge in [-0.25, -0.2) is 0 Å². The Morgan fingerprint density at radius 3 is 2.70 bits per heavy atom.